The third-order valence-electron chi connectivity index (χ3n) is 4.46. The SMILES string of the molecule is CCCC(CCCCCCCCCC(C)C)C(C)C. The van der Waals surface area contributed by atoms with Crippen molar-refractivity contribution < 1.29 is 0 Å². The molecule has 19 heavy (non-hydrogen) atoms. The van der Waals surface area contributed by atoms with E-state index in [1.165, 1.54) is 70.6 Å². The van der Waals surface area contributed by atoms with Crippen LogP contribution in [0.1, 0.15) is 105 Å². The molecule has 0 nitrogen and oxygen atoms in total. The minimum absolute atomic E-state index is 0.885. The molecule has 116 valence electrons. The molecule has 0 aliphatic rings. The van der Waals surface area contributed by atoms with Gasteiger partial charge in [-0.1, -0.05) is 105 Å². The fourth-order valence-corrected chi connectivity index (χ4v) is 3.02. The van der Waals surface area contributed by atoms with E-state index >= 15 is 0 Å². The molecule has 0 aliphatic heterocycles. The second-order valence-corrected chi connectivity index (χ2v) is 7.24. The highest BCUT2D eigenvalue weighted by molar-refractivity contribution is 4.63. The lowest BCUT2D eigenvalue weighted by molar-refractivity contribution is 0.321. The predicted octanol–water partition coefficient (Wildman–Crippen LogP) is 7.23. The van der Waals surface area contributed by atoms with Crippen LogP contribution in [0.25, 0.3) is 0 Å². The van der Waals surface area contributed by atoms with Crippen molar-refractivity contribution in [3.8, 4) is 0 Å². The lowest BCUT2D eigenvalue weighted by atomic mass is 9.86. The van der Waals surface area contributed by atoms with E-state index in [0.717, 1.165) is 17.8 Å². The van der Waals surface area contributed by atoms with Crippen LogP contribution in [0.2, 0.25) is 0 Å². The highest BCUT2D eigenvalue weighted by Crippen LogP contribution is 2.24. The van der Waals surface area contributed by atoms with Gasteiger partial charge < -0.3 is 0 Å². The molecular formula is C19H40. The van der Waals surface area contributed by atoms with Crippen LogP contribution < -0.4 is 0 Å². The van der Waals surface area contributed by atoms with E-state index in [1.807, 2.05) is 0 Å². The highest BCUT2D eigenvalue weighted by Gasteiger charge is 2.11. The van der Waals surface area contributed by atoms with Crippen LogP contribution in [-0.2, 0) is 0 Å². The van der Waals surface area contributed by atoms with Gasteiger partial charge in [-0.2, -0.15) is 0 Å². The standard InChI is InChI=1S/C19H40/c1-6-14-19(18(4)5)16-13-11-9-7-8-10-12-15-17(2)3/h17-19H,6-16H2,1-5H3. The molecule has 0 aromatic heterocycles. The van der Waals surface area contributed by atoms with E-state index in [1.54, 1.807) is 0 Å². The molecule has 0 saturated heterocycles. The van der Waals surface area contributed by atoms with Gasteiger partial charge in [0.2, 0.25) is 0 Å². The first-order chi connectivity index (χ1) is 9.07. The maximum Gasteiger partial charge on any atom is -0.0391 e. The van der Waals surface area contributed by atoms with Crippen LogP contribution in [0.3, 0.4) is 0 Å². The van der Waals surface area contributed by atoms with Crippen molar-refractivity contribution in [2.45, 2.75) is 105 Å². The van der Waals surface area contributed by atoms with Gasteiger partial charge in [-0.25, -0.2) is 0 Å². The molecule has 0 aliphatic carbocycles. The normalized spacial score (nSPS) is 13.4. The fraction of sp³-hybridized carbons (Fsp3) is 1.00. The molecule has 0 aromatic rings. The van der Waals surface area contributed by atoms with Crippen molar-refractivity contribution in [3.63, 3.8) is 0 Å². The smallest absolute Gasteiger partial charge is 0.0391 e. The first kappa shape index (κ1) is 19.0. The van der Waals surface area contributed by atoms with Crippen LogP contribution in [-0.4, -0.2) is 0 Å². The quantitative estimate of drug-likeness (QED) is 0.309. The summed E-state index contributed by atoms with van der Waals surface area (Å²) in [5.41, 5.74) is 0. The predicted molar refractivity (Wildman–Crippen MR) is 89.6 cm³/mol. The Morgan fingerprint density at radius 1 is 0.579 bits per heavy atom. The molecular weight excluding hydrogens is 228 g/mol. The van der Waals surface area contributed by atoms with Crippen LogP contribution in [0.4, 0.5) is 0 Å². The summed E-state index contributed by atoms with van der Waals surface area (Å²) < 4.78 is 0. The summed E-state index contributed by atoms with van der Waals surface area (Å²) in [7, 11) is 0. The van der Waals surface area contributed by atoms with Crippen molar-refractivity contribution in [1.82, 2.24) is 0 Å². The molecule has 1 atom stereocenters. The van der Waals surface area contributed by atoms with E-state index in [-0.39, 0.29) is 0 Å². The Kier molecular flexibility index (Phi) is 13.0. The zero-order chi connectivity index (χ0) is 14.5. The average molecular weight is 269 g/mol. The minimum atomic E-state index is 0.885. The van der Waals surface area contributed by atoms with Crippen molar-refractivity contribution >= 4 is 0 Å². The van der Waals surface area contributed by atoms with Gasteiger partial charge in [0, 0.05) is 0 Å². The van der Waals surface area contributed by atoms with Gasteiger partial charge in [-0.3, -0.25) is 0 Å². The molecule has 0 radical (unpaired) electrons. The van der Waals surface area contributed by atoms with Gasteiger partial charge >= 0.3 is 0 Å². The number of rotatable bonds is 13. The summed E-state index contributed by atoms with van der Waals surface area (Å²) in [4.78, 5) is 0. The lowest BCUT2D eigenvalue weighted by Gasteiger charge is -2.19. The second-order valence-electron chi connectivity index (χ2n) is 7.24. The molecule has 0 aromatic carbocycles. The largest absolute Gasteiger partial charge is 0.0654 e. The minimum Gasteiger partial charge on any atom is -0.0654 e. The Labute approximate surface area is 123 Å². The van der Waals surface area contributed by atoms with Gasteiger partial charge in [0.05, 0.1) is 0 Å². The summed E-state index contributed by atoms with van der Waals surface area (Å²) in [6.07, 6.45) is 15.9. The van der Waals surface area contributed by atoms with Crippen molar-refractivity contribution in [2.24, 2.45) is 17.8 Å². The Hall–Kier alpha value is 0. The van der Waals surface area contributed by atoms with Gasteiger partial charge in [0.1, 0.15) is 0 Å². The van der Waals surface area contributed by atoms with Gasteiger partial charge in [-0.05, 0) is 17.8 Å². The molecule has 0 N–H and O–H groups in total. The molecule has 0 saturated carbocycles. The van der Waals surface area contributed by atoms with Crippen LogP contribution in [0.5, 0.6) is 0 Å². The first-order valence-corrected chi connectivity index (χ1v) is 9.07. The Morgan fingerprint density at radius 3 is 1.47 bits per heavy atom. The number of hydrogen-bond donors (Lipinski definition) is 0. The van der Waals surface area contributed by atoms with Crippen LogP contribution >= 0.6 is 0 Å². The Bertz CT molecular complexity index is 169. The molecule has 0 heterocycles. The van der Waals surface area contributed by atoms with Crippen molar-refractivity contribution in [2.75, 3.05) is 0 Å². The lowest BCUT2D eigenvalue weighted by Crippen LogP contribution is -2.08. The number of unbranched alkanes of at least 4 members (excludes halogenated alkanes) is 6. The van der Waals surface area contributed by atoms with Crippen LogP contribution in [0.15, 0.2) is 0 Å². The molecule has 0 rings (SSSR count). The van der Waals surface area contributed by atoms with Gasteiger partial charge in [-0.15, -0.1) is 0 Å². The summed E-state index contributed by atoms with van der Waals surface area (Å²) in [6.45, 7) is 11.8. The average Bonchev–Trinajstić information content (AvgIpc) is 2.34. The molecule has 1 unspecified atom stereocenters. The van der Waals surface area contributed by atoms with E-state index in [0.29, 0.717) is 0 Å². The van der Waals surface area contributed by atoms with E-state index < -0.39 is 0 Å². The first-order valence-electron chi connectivity index (χ1n) is 9.07. The number of hydrogen-bond acceptors (Lipinski definition) is 0. The van der Waals surface area contributed by atoms with Crippen LogP contribution in [0, 0.1) is 17.8 Å². The van der Waals surface area contributed by atoms with Crippen molar-refractivity contribution in [3.05, 3.63) is 0 Å². The molecule has 0 spiro atoms. The summed E-state index contributed by atoms with van der Waals surface area (Å²) in [5.74, 6) is 2.76. The Morgan fingerprint density at radius 2 is 1.05 bits per heavy atom. The molecule has 0 bridgehead atoms. The summed E-state index contributed by atoms with van der Waals surface area (Å²) in [6, 6.07) is 0. The van der Waals surface area contributed by atoms with E-state index in [9.17, 15) is 0 Å². The topological polar surface area (TPSA) is 0 Å². The summed E-state index contributed by atoms with van der Waals surface area (Å²) >= 11 is 0. The molecule has 0 heteroatoms. The third kappa shape index (κ3) is 12.8. The monoisotopic (exact) mass is 268 g/mol. The second kappa shape index (κ2) is 13.0. The van der Waals surface area contributed by atoms with E-state index in [2.05, 4.69) is 34.6 Å². The summed E-state index contributed by atoms with van der Waals surface area (Å²) in [5, 5.41) is 0. The van der Waals surface area contributed by atoms with E-state index in [4.69, 9.17) is 0 Å². The molecule has 0 amide bonds. The molecule has 0 fully saturated rings. The zero-order valence-corrected chi connectivity index (χ0v) is 14.5. The fourth-order valence-electron chi connectivity index (χ4n) is 3.02. The zero-order valence-electron chi connectivity index (χ0n) is 14.5. The van der Waals surface area contributed by atoms with Gasteiger partial charge in [0.25, 0.3) is 0 Å². The van der Waals surface area contributed by atoms with Crippen molar-refractivity contribution in [1.29, 1.82) is 0 Å². The third-order valence-corrected chi connectivity index (χ3v) is 4.46. The maximum atomic E-state index is 2.40. The van der Waals surface area contributed by atoms with Gasteiger partial charge in [0.15, 0.2) is 0 Å². The maximum absolute atomic E-state index is 2.40. The highest BCUT2D eigenvalue weighted by atomic mass is 14.2. The Balaban J connectivity index is 3.29.